The van der Waals surface area contributed by atoms with Crippen LogP contribution in [-0.4, -0.2) is 5.97 Å². The van der Waals surface area contributed by atoms with E-state index in [0.29, 0.717) is 37.6 Å². The summed E-state index contributed by atoms with van der Waals surface area (Å²) in [5, 5.41) is 7.50. The lowest BCUT2D eigenvalue weighted by atomic mass is 9.82. The van der Waals surface area contributed by atoms with Crippen molar-refractivity contribution in [3.8, 4) is 0 Å². The maximum absolute atomic E-state index is 14.6. The van der Waals surface area contributed by atoms with Gasteiger partial charge in [-0.05, 0) is 145 Å². The number of cyclic esters (lactones) is 1. The molecule has 0 fully saturated rings. The molecule has 7 aromatic carbocycles. The minimum atomic E-state index is -1.43. The molecule has 1 aliphatic heterocycles. The van der Waals surface area contributed by atoms with E-state index in [4.69, 9.17) is 4.74 Å². The quantitative estimate of drug-likeness (QED) is 0.0647. The van der Waals surface area contributed by atoms with Crippen LogP contribution >= 0.6 is 63.7 Å². The van der Waals surface area contributed by atoms with Crippen LogP contribution in [0.4, 0.5) is 11.4 Å². The molecular weight excluding hydrogens is 1030 g/mol. The second kappa shape index (κ2) is 19.6. The van der Waals surface area contributed by atoms with E-state index in [1.807, 2.05) is 48.5 Å². The first kappa shape index (κ1) is 43.7. The maximum Gasteiger partial charge on any atom is 0.341 e. The van der Waals surface area contributed by atoms with Gasteiger partial charge in [0.05, 0.1) is 5.56 Å². The lowest BCUT2D eigenvalue weighted by molar-refractivity contribution is 0.0298. The Morgan fingerprint density at radius 1 is 0.500 bits per heavy atom. The fourth-order valence-corrected chi connectivity index (χ4v) is 10.5. The smallest absolute Gasteiger partial charge is 0.341 e. The Labute approximate surface area is 398 Å². The average molecular weight is 1070 g/mol. The molecule has 0 bridgehead atoms. The molecule has 0 atom stereocenters. The second-order valence-corrected chi connectivity index (χ2v) is 18.3. The normalized spacial score (nSPS) is 15.0. The van der Waals surface area contributed by atoms with Crippen LogP contribution < -0.4 is 10.6 Å². The average Bonchev–Trinajstić information content (AvgIpc) is 3.61. The molecule has 4 nitrogen and oxygen atoms in total. The number of hydrogen-bond donors (Lipinski definition) is 2. The lowest BCUT2D eigenvalue weighted by Crippen LogP contribution is -2.23. The Bertz CT molecular complexity index is 2640. The van der Waals surface area contributed by atoms with Gasteiger partial charge in [0, 0.05) is 59.0 Å². The molecule has 0 saturated heterocycles. The molecule has 0 aromatic heterocycles. The molecule has 0 spiro atoms. The van der Waals surface area contributed by atoms with E-state index < -0.39 is 11.6 Å². The molecule has 8 rings (SSSR count). The molecule has 1 aliphatic rings. The number of rotatable bonds is 14. The number of carbonyl (C=O) groups excluding carboxylic acids is 1. The number of esters is 1. The topological polar surface area (TPSA) is 50.4 Å². The zero-order chi connectivity index (χ0) is 43.2. The number of aryl methyl sites for hydroxylation is 2. The Morgan fingerprint density at radius 3 is 1.32 bits per heavy atom. The number of para-hydroxylation sites is 2. The number of halogens is 4. The summed E-state index contributed by atoms with van der Waals surface area (Å²) in [6.07, 6.45) is 6.23. The first-order valence-electron chi connectivity index (χ1n) is 20.7. The summed E-state index contributed by atoms with van der Waals surface area (Å²) in [5.74, 6) is -0.447. The summed E-state index contributed by atoms with van der Waals surface area (Å²) in [5.41, 5.74) is 12.2. The van der Waals surface area contributed by atoms with Gasteiger partial charge < -0.3 is 15.4 Å². The van der Waals surface area contributed by atoms with Crippen LogP contribution in [0.1, 0.15) is 74.3 Å². The Balaban J connectivity index is 1.37. The third-order valence-corrected chi connectivity index (χ3v) is 16.0. The van der Waals surface area contributed by atoms with Crippen molar-refractivity contribution in [2.75, 3.05) is 10.6 Å². The maximum atomic E-state index is 14.6. The molecule has 310 valence electrons. The number of nitrogens with one attached hydrogen (secondary N) is 2. The van der Waals surface area contributed by atoms with Crippen LogP contribution in [0.5, 0.6) is 0 Å². The van der Waals surface area contributed by atoms with Crippen molar-refractivity contribution in [1.82, 2.24) is 0 Å². The second-order valence-electron chi connectivity index (χ2n) is 15.2. The van der Waals surface area contributed by atoms with Crippen molar-refractivity contribution in [3.63, 3.8) is 0 Å². The van der Waals surface area contributed by atoms with Gasteiger partial charge in [-0.1, -0.05) is 159 Å². The number of anilines is 2. The van der Waals surface area contributed by atoms with Gasteiger partial charge in [-0.15, -0.1) is 0 Å². The fraction of sp³-hybridized carbons (Fsp3) is 0.130. The fourth-order valence-electron chi connectivity index (χ4n) is 7.91. The van der Waals surface area contributed by atoms with E-state index in [1.165, 1.54) is 22.3 Å². The standard InChI is InChI=1S/C54H44Br4N2O2/c1-3-35-23-27-37(28-24-35)33-59-45-21-13-11-19-41(45)43(39-15-7-5-8-16-39)31-54(48-47(53(61)62-54)49(55)51(57)52(58)50(48)56)32-44(40-17-9-6-10-18-40)42-20-12-14-22-46(42)60-34-38-29-25-36(4-2)26-30-38/h5-32,59-60H,3-4,33-34H2,1-2H3/b43-31+,44-32+. The highest BCUT2D eigenvalue weighted by atomic mass is 79.9. The van der Waals surface area contributed by atoms with Crippen LogP contribution in [0.2, 0.25) is 0 Å². The van der Waals surface area contributed by atoms with Gasteiger partial charge in [0.1, 0.15) is 0 Å². The van der Waals surface area contributed by atoms with Crippen LogP contribution in [0.25, 0.3) is 11.1 Å². The number of ether oxygens (including phenoxy) is 1. The first-order chi connectivity index (χ1) is 30.2. The highest BCUT2D eigenvalue weighted by molar-refractivity contribution is 9.15. The Hall–Kier alpha value is -4.99. The van der Waals surface area contributed by atoms with Crippen LogP contribution in [0, 0.1) is 0 Å². The molecule has 2 N–H and O–H groups in total. The molecule has 1 heterocycles. The van der Waals surface area contributed by atoms with Gasteiger partial charge >= 0.3 is 5.97 Å². The van der Waals surface area contributed by atoms with Gasteiger partial charge in [0.25, 0.3) is 0 Å². The predicted octanol–water partition coefficient (Wildman–Crippen LogP) is 15.7. The summed E-state index contributed by atoms with van der Waals surface area (Å²) in [4.78, 5) is 14.6. The van der Waals surface area contributed by atoms with E-state index >= 15 is 0 Å². The Morgan fingerprint density at radius 2 is 0.887 bits per heavy atom. The van der Waals surface area contributed by atoms with Gasteiger partial charge in [-0.25, -0.2) is 4.79 Å². The third kappa shape index (κ3) is 9.21. The molecule has 7 aromatic rings. The molecule has 0 amide bonds. The molecule has 0 radical (unpaired) electrons. The van der Waals surface area contributed by atoms with Crippen molar-refractivity contribution >= 4 is 92.2 Å². The number of fused-ring (bicyclic) bond motifs is 1. The summed E-state index contributed by atoms with van der Waals surface area (Å²) in [6, 6.07) is 54.8. The first-order valence-corrected chi connectivity index (χ1v) is 23.8. The third-order valence-electron chi connectivity index (χ3n) is 11.3. The zero-order valence-electron chi connectivity index (χ0n) is 34.3. The lowest BCUT2D eigenvalue weighted by Gasteiger charge is -2.28. The summed E-state index contributed by atoms with van der Waals surface area (Å²) < 4.78 is 9.65. The number of hydrogen-bond acceptors (Lipinski definition) is 4. The van der Waals surface area contributed by atoms with Gasteiger partial charge in [-0.2, -0.15) is 0 Å². The van der Waals surface area contributed by atoms with E-state index in [-0.39, 0.29) is 0 Å². The van der Waals surface area contributed by atoms with E-state index in [0.717, 1.165) is 62.1 Å². The van der Waals surface area contributed by atoms with Gasteiger partial charge in [0.15, 0.2) is 5.60 Å². The molecule has 62 heavy (non-hydrogen) atoms. The summed E-state index contributed by atoms with van der Waals surface area (Å²) in [6.45, 7) is 5.61. The number of carbonyl (C=O) groups is 1. The van der Waals surface area contributed by atoms with Crippen LogP contribution in [-0.2, 0) is 36.3 Å². The largest absolute Gasteiger partial charge is 0.442 e. The predicted molar refractivity (Wildman–Crippen MR) is 271 cm³/mol. The molecular formula is C54H44Br4N2O2. The van der Waals surface area contributed by atoms with Crippen molar-refractivity contribution in [2.24, 2.45) is 0 Å². The monoisotopic (exact) mass is 1070 g/mol. The van der Waals surface area contributed by atoms with Crippen molar-refractivity contribution in [2.45, 2.75) is 45.4 Å². The van der Waals surface area contributed by atoms with Gasteiger partial charge in [-0.3, -0.25) is 0 Å². The van der Waals surface area contributed by atoms with Gasteiger partial charge in [0.2, 0.25) is 0 Å². The molecule has 0 saturated carbocycles. The molecule has 0 aliphatic carbocycles. The summed E-state index contributed by atoms with van der Waals surface area (Å²) >= 11 is 15.3. The zero-order valence-corrected chi connectivity index (χ0v) is 40.7. The van der Waals surface area contributed by atoms with Crippen LogP contribution in [0.3, 0.4) is 0 Å². The Kier molecular flexibility index (Phi) is 13.8. The minimum Gasteiger partial charge on any atom is -0.442 e. The van der Waals surface area contributed by atoms with Crippen molar-refractivity contribution in [3.05, 3.63) is 243 Å². The SMILES string of the molecule is CCc1ccc(CNc2ccccc2/C(=C/C2(/C=C(\c3ccccc3)c3ccccc3NCc3ccc(CC)cc3)OC(=O)c3c(Br)c(Br)c(Br)c(Br)c32)c2ccccc2)cc1. The minimum absolute atomic E-state index is 0.433. The van der Waals surface area contributed by atoms with E-state index in [1.54, 1.807) is 0 Å². The molecule has 8 heteroatoms. The van der Waals surface area contributed by atoms with Crippen molar-refractivity contribution < 1.29 is 9.53 Å². The van der Waals surface area contributed by atoms with Crippen LogP contribution in [0.15, 0.2) is 188 Å². The highest BCUT2D eigenvalue weighted by Crippen LogP contribution is 2.54. The van der Waals surface area contributed by atoms with Crippen molar-refractivity contribution in [1.29, 1.82) is 0 Å². The van der Waals surface area contributed by atoms with E-state index in [2.05, 4.69) is 210 Å². The number of benzene rings is 7. The highest BCUT2D eigenvalue weighted by Gasteiger charge is 2.48. The van der Waals surface area contributed by atoms with E-state index in [9.17, 15) is 4.79 Å². The molecule has 0 unspecified atom stereocenters. The summed E-state index contributed by atoms with van der Waals surface area (Å²) in [7, 11) is 0.